The highest BCUT2D eigenvalue weighted by atomic mass is 19.1. The van der Waals surface area contributed by atoms with Gasteiger partial charge < -0.3 is 10.3 Å². The number of nitrogens with one attached hydrogen (secondary N) is 2. The van der Waals surface area contributed by atoms with Gasteiger partial charge in [0.05, 0.1) is 12.7 Å². The molecule has 1 fully saturated rings. The fraction of sp³-hybridized carbons (Fsp3) is 0.333. The smallest absolute Gasteiger partial charge is 0.219 e. The molecule has 2 aliphatic rings. The van der Waals surface area contributed by atoms with Gasteiger partial charge in [-0.1, -0.05) is 31.7 Å². The molecule has 3 atom stereocenters. The normalized spacial score (nSPS) is 22.8. The number of hydrogen-bond acceptors (Lipinski definition) is 3. The highest BCUT2D eigenvalue weighted by Crippen LogP contribution is 2.36. The lowest BCUT2D eigenvalue weighted by atomic mass is 9.93. The van der Waals surface area contributed by atoms with Crippen LogP contribution in [0.2, 0.25) is 0 Å². The summed E-state index contributed by atoms with van der Waals surface area (Å²) in [5, 5.41) is 3.73. The Hall–Kier alpha value is -3.25. The SMILES string of the molecule is C=Cc1cc(C2C=NCN2C2CCC(NC(=O)CC)C2)ccc1-c1ccc2[nH]ccc2c1F. The molecule has 2 N–H and O–H groups in total. The summed E-state index contributed by atoms with van der Waals surface area (Å²) >= 11 is 0. The number of aromatic nitrogens is 1. The van der Waals surface area contributed by atoms with Crippen molar-refractivity contribution >= 4 is 29.1 Å². The molecule has 170 valence electrons. The molecule has 1 amide bonds. The topological polar surface area (TPSA) is 60.5 Å². The Kier molecular flexibility index (Phi) is 5.85. The number of carbonyl (C=O) groups excluding carboxylic acids is 1. The predicted molar refractivity (Wildman–Crippen MR) is 132 cm³/mol. The van der Waals surface area contributed by atoms with E-state index in [0.29, 0.717) is 30.1 Å². The van der Waals surface area contributed by atoms with Gasteiger partial charge in [-0.15, -0.1) is 0 Å². The first kappa shape index (κ1) is 21.6. The molecule has 5 nitrogen and oxygen atoms in total. The largest absolute Gasteiger partial charge is 0.361 e. The van der Waals surface area contributed by atoms with Gasteiger partial charge in [-0.05, 0) is 60.2 Å². The van der Waals surface area contributed by atoms with Crippen molar-refractivity contribution in [3.05, 3.63) is 66.1 Å². The maximum Gasteiger partial charge on any atom is 0.219 e. The van der Waals surface area contributed by atoms with Gasteiger partial charge in [0.25, 0.3) is 0 Å². The van der Waals surface area contributed by atoms with Gasteiger partial charge in [0.1, 0.15) is 5.82 Å². The summed E-state index contributed by atoms with van der Waals surface area (Å²) in [7, 11) is 0. The highest BCUT2D eigenvalue weighted by Gasteiger charge is 2.35. The van der Waals surface area contributed by atoms with Crippen LogP contribution in [0, 0.1) is 5.82 Å². The first-order chi connectivity index (χ1) is 16.1. The summed E-state index contributed by atoms with van der Waals surface area (Å²) in [6.07, 6.45) is 9.06. The zero-order chi connectivity index (χ0) is 22.9. The first-order valence-corrected chi connectivity index (χ1v) is 11.7. The number of aromatic amines is 1. The zero-order valence-corrected chi connectivity index (χ0v) is 18.9. The maximum absolute atomic E-state index is 15.2. The minimum atomic E-state index is -0.222. The van der Waals surface area contributed by atoms with Gasteiger partial charge in [0.15, 0.2) is 0 Å². The summed E-state index contributed by atoms with van der Waals surface area (Å²) in [5.74, 6) is -0.106. The highest BCUT2D eigenvalue weighted by molar-refractivity contribution is 5.88. The predicted octanol–water partition coefficient (Wildman–Crippen LogP) is 5.45. The van der Waals surface area contributed by atoms with Crippen LogP contribution in [-0.4, -0.2) is 40.8 Å². The van der Waals surface area contributed by atoms with Crippen molar-refractivity contribution in [2.45, 2.75) is 50.7 Å². The van der Waals surface area contributed by atoms with E-state index in [0.717, 1.165) is 41.5 Å². The molecule has 33 heavy (non-hydrogen) atoms. The van der Waals surface area contributed by atoms with Crippen LogP contribution >= 0.6 is 0 Å². The fourth-order valence-electron chi connectivity index (χ4n) is 5.24. The number of benzene rings is 2. The standard InChI is InChI=1S/C27H29FN4O/c1-3-17-13-18(5-8-21(17)22-9-10-24-23(27(22)28)11-12-30-24)25-15-29-16-32(25)20-7-6-19(14-20)31-26(33)4-2/h3,5,8-13,15,19-20,25,30H,1,4,6-7,14,16H2,2H3,(H,31,33). The minimum Gasteiger partial charge on any atom is -0.361 e. The minimum absolute atomic E-state index is 0.0698. The summed E-state index contributed by atoms with van der Waals surface area (Å²) in [4.78, 5) is 21.8. The van der Waals surface area contributed by atoms with E-state index in [1.54, 1.807) is 18.3 Å². The summed E-state index contributed by atoms with van der Waals surface area (Å²) in [6.45, 7) is 6.54. The number of fused-ring (bicyclic) bond motifs is 1. The van der Waals surface area contributed by atoms with E-state index in [-0.39, 0.29) is 23.8 Å². The Balaban J connectivity index is 1.40. The van der Waals surface area contributed by atoms with Crippen LogP contribution in [0.3, 0.4) is 0 Å². The molecule has 0 spiro atoms. The molecule has 1 aliphatic heterocycles. The van der Waals surface area contributed by atoms with Crippen LogP contribution in [0.15, 0.2) is 54.2 Å². The number of nitrogens with zero attached hydrogens (tertiary/aromatic N) is 2. The van der Waals surface area contributed by atoms with Crippen molar-refractivity contribution in [2.24, 2.45) is 4.99 Å². The molecule has 2 aromatic carbocycles. The molecule has 0 saturated heterocycles. The average Bonchev–Trinajstić information content (AvgIpc) is 3.59. The number of amides is 1. The number of H-pyrrole nitrogens is 1. The van der Waals surface area contributed by atoms with Gasteiger partial charge in [-0.25, -0.2) is 4.39 Å². The summed E-state index contributed by atoms with van der Waals surface area (Å²) in [5.41, 5.74) is 4.22. The first-order valence-electron chi connectivity index (χ1n) is 11.7. The lowest BCUT2D eigenvalue weighted by Gasteiger charge is -2.30. The Bertz CT molecular complexity index is 1230. The zero-order valence-electron chi connectivity index (χ0n) is 18.9. The van der Waals surface area contributed by atoms with E-state index < -0.39 is 0 Å². The monoisotopic (exact) mass is 444 g/mol. The van der Waals surface area contributed by atoms with Crippen LogP contribution in [-0.2, 0) is 4.79 Å². The fourth-order valence-corrected chi connectivity index (χ4v) is 5.24. The van der Waals surface area contributed by atoms with E-state index in [2.05, 4.69) is 38.9 Å². The second-order valence-electron chi connectivity index (χ2n) is 8.93. The third kappa shape index (κ3) is 4.00. The van der Waals surface area contributed by atoms with Crippen molar-refractivity contribution in [3.63, 3.8) is 0 Å². The molecule has 2 heterocycles. The van der Waals surface area contributed by atoms with Crippen LogP contribution in [0.5, 0.6) is 0 Å². The molecule has 3 unspecified atom stereocenters. The van der Waals surface area contributed by atoms with E-state index in [9.17, 15) is 4.79 Å². The molecular formula is C27H29FN4O. The van der Waals surface area contributed by atoms with Gasteiger partial charge in [0.2, 0.25) is 5.91 Å². The number of aliphatic imine (C=N–C) groups is 1. The van der Waals surface area contributed by atoms with E-state index in [1.807, 2.05) is 31.3 Å². The molecular weight excluding hydrogens is 415 g/mol. The molecule has 5 rings (SSSR count). The Labute approximate surface area is 193 Å². The van der Waals surface area contributed by atoms with Gasteiger partial charge in [-0.2, -0.15) is 0 Å². The maximum atomic E-state index is 15.2. The third-order valence-corrected chi connectivity index (χ3v) is 7.00. The summed E-state index contributed by atoms with van der Waals surface area (Å²) < 4.78 is 15.2. The Morgan fingerprint density at radius 2 is 2.12 bits per heavy atom. The van der Waals surface area contributed by atoms with E-state index in [4.69, 9.17) is 0 Å². The second-order valence-corrected chi connectivity index (χ2v) is 8.93. The molecule has 3 aromatic rings. The van der Waals surface area contributed by atoms with Crippen molar-refractivity contribution in [2.75, 3.05) is 6.67 Å². The van der Waals surface area contributed by atoms with Crippen LogP contribution in [0.1, 0.15) is 49.8 Å². The van der Waals surface area contributed by atoms with Crippen LogP contribution in [0.25, 0.3) is 28.1 Å². The average molecular weight is 445 g/mol. The Morgan fingerprint density at radius 1 is 1.27 bits per heavy atom. The molecule has 1 saturated carbocycles. The van der Waals surface area contributed by atoms with E-state index in [1.165, 1.54) is 0 Å². The van der Waals surface area contributed by atoms with Gasteiger partial charge in [0, 0.05) is 47.4 Å². The number of rotatable bonds is 6. The molecule has 0 radical (unpaired) electrons. The number of carbonyl (C=O) groups is 1. The molecule has 6 heteroatoms. The number of hydrogen-bond donors (Lipinski definition) is 2. The lowest BCUT2D eigenvalue weighted by molar-refractivity contribution is -0.121. The van der Waals surface area contributed by atoms with Crippen molar-refractivity contribution in [3.8, 4) is 11.1 Å². The molecule has 1 aliphatic carbocycles. The number of halogens is 1. The summed E-state index contributed by atoms with van der Waals surface area (Å²) in [6, 6.07) is 12.3. The molecule has 1 aromatic heterocycles. The van der Waals surface area contributed by atoms with E-state index >= 15 is 4.39 Å². The second kappa shape index (κ2) is 8.94. The van der Waals surface area contributed by atoms with Crippen molar-refractivity contribution < 1.29 is 9.18 Å². The van der Waals surface area contributed by atoms with Crippen LogP contribution < -0.4 is 5.32 Å². The quantitative estimate of drug-likeness (QED) is 0.531. The third-order valence-electron chi connectivity index (χ3n) is 7.00. The Morgan fingerprint density at radius 3 is 2.94 bits per heavy atom. The van der Waals surface area contributed by atoms with Crippen molar-refractivity contribution in [1.29, 1.82) is 0 Å². The lowest BCUT2D eigenvalue weighted by Crippen LogP contribution is -2.37. The van der Waals surface area contributed by atoms with Gasteiger partial charge in [-0.3, -0.25) is 14.7 Å². The molecule has 0 bridgehead atoms. The van der Waals surface area contributed by atoms with Crippen LogP contribution in [0.4, 0.5) is 4.39 Å². The van der Waals surface area contributed by atoms with Gasteiger partial charge >= 0.3 is 0 Å². The van der Waals surface area contributed by atoms with Crippen molar-refractivity contribution in [1.82, 2.24) is 15.2 Å².